The zero-order valence-electron chi connectivity index (χ0n) is 12.6. The summed E-state index contributed by atoms with van der Waals surface area (Å²) in [5.74, 6) is 0.802. The maximum atomic E-state index is 10.8. The number of nitriles is 1. The van der Waals surface area contributed by atoms with Crippen molar-refractivity contribution in [3.8, 4) is 17.5 Å². The van der Waals surface area contributed by atoms with Gasteiger partial charge in [-0.2, -0.15) is 5.26 Å². The number of imidazole rings is 1. The molecule has 0 aliphatic carbocycles. The SMILES string of the molecule is N#Cc1cc([N+](=O)[O-])ccc1NCc1ccc(-c2ncc[nH]2)cc1. The smallest absolute Gasteiger partial charge is 0.270 e. The van der Waals surface area contributed by atoms with Gasteiger partial charge in [0.25, 0.3) is 5.69 Å². The molecule has 0 bridgehead atoms. The molecular formula is C17H13N5O2. The molecule has 2 aromatic carbocycles. The highest BCUT2D eigenvalue weighted by Crippen LogP contribution is 2.22. The van der Waals surface area contributed by atoms with Gasteiger partial charge in [-0.05, 0) is 11.6 Å². The third-order valence-corrected chi connectivity index (χ3v) is 3.54. The summed E-state index contributed by atoms with van der Waals surface area (Å²) in [5.41, 5.74) is 2.72. The Balaban J connectivity index is 1.72. The van der Waals surface area contributed by atoms with E-state index in [2.05, 4.69) is 15.3 Å². The van der Waals surface area contributed by atoms with Crippen LogP contribution in [0.5, 0.6) is 0 Å². The van der Waals surface area contributed by atoms with E-state index in [1.54, 1.807) is 18.5 Å². The number of nitrogens with zero attached hydrogens (tertiary/aromatic N) is 3. The van der Waals surface area contributed by atoms with Crippen molar-refractivity contribution in [1.82, 2.24) is 9.97 Å². The second-order valence-electron chi connectivity index (χ2n) is 5.09. The molecule has 0 amide bonds. The van der Waals surface area contributed by atoms with Crippen molar-refractivity contribution in [1.29, 1.82) is 5.26 Å². The van der Waals surface area contributed by atoms with Gasteiger partial charge in [0, 0.05) is 36.6 Å². The minimum atomic E-state index is -0.516. The van der Waals surface area contributed by atoms with E-state index >= 15 is 0 Å². The molecule has 0 radical (unpaired) electrons. The number of anilines is 1. The van der Waals surface area contributed by atoms with E-state index in [-0.39, 0.29) is 11.3 Å². The summed E-state index contributed by atoms with van der Waals surface area (Å²) >= 11 is 0. The Hall–Kier alpha value is -3.66. The van der Waals surface area contributed by atoms with Crippen molar-refractivity contribution in [3.63, 3.8) is 0 Å². The molecule has 0 unspecified atom stereocenters. The van der Waals surface area contributed by atoms with Crippen LogP contribution in [-0.4, -0.2) is 14.9 Å². The van der Waals surface area contributed by atoms with E-state index in [9.17, 15) is 10.1 Å². The van der Waals surface area contributed by atoms with Crippen LogP contribution >= 0.6 is 0 Å². The predicted molar refractivity (Wildman–Crippen MR) is 89.2 cm³/mol. The number of nitro benzene ring substituents is 1. The molecule has 0 saturated heterocycles. The summed E-state index contributed by atoms with van der Waals surface area (Å²) < 4.78 is 0. The topological polar surface area (TPSA) is 108 Å². The highest BCUT2D eigenvalue weighted by Gasteiger charge is 2.10. The number of benzene rings is 2. The molecule has 3 rings (SSSR count). The third kappa shape index (κ3) is 3.23. The molecule has 7 heteroatoms. The van der Waals surface area contributed by atoms with Crippen LogP contribution in [0.25, 0.3) is 11.4 Å². The number of H-pyrrole nitrogens is 1. The lowest BCUT2D eigenvalue weighted by Gasteiger charge is -2.08. The Morgan fingerprint density at radius 3 is 2.67 bits per heavy atom. The highest BCUT2D eigenvalue weighted by molar-refractivity contribution is 5.61. The molecule has 7 nitrogen and oxygen atoms in total. The first-order chi connectivity index (χ1) is 11.7. The molecule has 0 saturated carbocycles. The molecule has 1 aromatic heterocycles. The van der Waals surface area contributed by atoms with Gasteiger partial charge in [0.1, 0.15) is 11.9 Å². The molecule has 0 aliphatic heterocycles. The Morgan fingerprint density at radius 2 is 2.04 bits per heavy atom. The van der Waals surface area contributed by atoms with Crippen molar-refractivity contribution < 1.29 is 4.92 Å². The van der Waals surface area contributed by atoms with Crippen LogP contribution in [0.4, 0.5) is 11.4 Å². The third-order valence-electron chi connectivity index (χ3n) is 3.54. The standard InChI is InChI=1S/C17H13N5O2/c18-10-14-9-15(22(23)24)5-6-16(14)21-11-12-1-3-13(4-2-12)17-19-7-8-20-17/h1-9,21H,11H2,(H,19,20). The van der Waals surface area contributed by atoms with Gasteiger partial charge in [-0.15, -0.1) is 0 Å². The van der Waals surface area contributed by atoms with Gasteiger partial charge in [-0.3, -0.25) is 10.1 Å². The fraction of sp³-hybridized carbons (Fsp3) is 0.0588. The van der Waals surface area contributed by atoms with E-state index in [1.165, 1.54) is 12.1 Å². The van der Waals surface area contributed by atoms with E-state index in [1.807, 2.05) is 30.3 Å². The van der Waals surface area contributed by atoms with Crippen LogP contribution in [0, 0.1) is 21.4 Å². The lowest BCUT2D eigenvalue weighted by molar-refractivity contribution is -0.384. The quantitative estimate of drug-likeness (QED) is 0.553. The first kappa shape index (κ1) is 15.2. The molecule has 118 valence electrons. The van der Waals surface area contributed by atoms with Crippen LogP contribution in [0.2, 0.25) is 0 Å². The van der Waals surface area contributed by atoms with Crippen molar-refractivity contribution in [3.05, 3.63) is 76.1 Å². The Bertz CT molecular complexity index is 896. The van der Waals surface area contributed by atoms with E-state index < -0.39 is 4.92 Å². The van der Waals surface area contributed by atoms with Crippen molar-refractivity contribution in [2.24, 2.45) is 0 Å². The molecule has 1 heterocycles. The number of hydrogen-bond acceptors (Lipinski definition) is 5. The van der Waals surface area contributed by atoms with Gasteiger partial charge in [0.05, 0.1) is 16.2 Å². The number of hydrogen-bond donors (Lipinski definition) is 2. The van der Waals surface area contributed by atoms with Gasteiger partial charge in [0.2, 0.25) is 0 Å². The first-order valence-electron chi connectivity index (χ1n) is 7.18. The first-order valence-corrected chi connectivity index (χ1v) is 7.18. The van der Waals surface area contributed by atoms with Gasteiger partial charge < -0.3 is 10.3 Å². The summed E-state index contributed by atoms with van der Waals surface area (Å²) in [7, 11) is 0. The van der Waals surface area contributed by atoms with E-state index in [0.29, 0.717) is 12.2 Å². The molecular weight excluding hydrogens is 306 g/mol. The Kier molecular flexibility index (Phi) is 4.21. The minimum absolute atomic E-state index is 0.0973. The highest BCUT2D eigenvalue weighted by atomic mass is 16.6. The summed E-state index contributed by atoms with van der Waals surface area (Å²) in [4.78, 5) is 17.5. The largest absolute Gasteiger partial charge is 0.380 e. The predicted octanol–water partition coefficient (Wildman–Crippen LogP) is 3.47. The fourth-order valence-corrected chi connectivity index (χ4v) is 2.29. The summed E-state index contributed by atoms with van der Waals surface area (Å²) in [6.07, 6.45) is 3.46. The zero-order chi connectivity index (χ0) is 16.9. The monoisotopic (exact) mass is 319 g/mol. The summed E-state index contributed by atoms with van der Waals surface area (Å²) in [5, 5.41) is 23.0. The molecule has 2 N–H and O–H groups in total. The number of non-ortho nitro benzene ring substituents is 1. The normalized spacial score (nSPS) is 10.1. The zero-order valence-corrected chi connectivity index (χ0v) is 12.6. The maximum Gasteiger partial charge on any atom is 0.270 e. The van der Waals surface area contributed by atoms with E-state index in [4.69, 9.17) is 5.26 Å². The van der Waals surface area contributed by atoms with Gasteiger partial charge in [-0.1, -0.05) is 24.3 Å². The molecule has 24 heavy (non-hydrogen) atoms. The van der Waals surface area contributed by atoms with Crippen LogP contribution in [0.15, 0.2) is 54.9 Å². The lowest BCUT2D eigenvalue weighted by Crippen LogP contribution is -2.02. The van der Waals surface area contributed by atoms with Crippen LogP contribution < -0.4 is 5.32 Å². The number of nitrogens with one attached hydrogen (secondary N) is 2. The van der Waals surface area contributed by atoms with Crippen LogP contribution in [0.3, 0.4) is 0 Å². The number of aromatic amines is 1. The second kappa shape index (κ2) is 6.62. The molecule has 3 aromatic rings. The van der Waals surface area contributed by atoms with Crippen LogP contribution in [0.1, 0.15) is 11.1 Å². The average molecular weight is 319 g/mol. The molecule has 0 atom stereocenters. The van der Waals surface area contributed by atoms with Crippen molar-refractivity contribution >= 4 is 11.4 Å². The number of nitro groups is 1. The minimum Gasteiger partial charge on any atom is -0.380 e. The summed E-state index contributed by atoms with van der Waals surface area (Å²) in [6, 6.07) is 14.0. The van der Waals surface area contributed by atoms with Gasteiger partial charge in [0.15, 0.2) is 0 Å². The van der Waals surface area contributed by atoms with E-state index in [0.717, 1.165) is 17.0 Å². The van der Waals surface area contributed by atoms with Crippen molar-refractivity contribution in [2.75, 3.05) is 5.32 Å². The molecule has 0 fully saturated rings. The number of aromatic nitrogens is 2. The number of rotatable bonds is 5. The van der Waals surface area contributed by atoms with Gasteiger partial charge in [-0.25, -0.2) is 4.98 Å². The van der Waals surface area contributed by atoms with Crippen molar-refractivity contribution in [2.45, 2.75) is 6.54 Å². The molecule has 0 spiro atoms. The Labute approximate surface area is 137 Å². The lowest BCUT2D eigenvalue weighted by atomic mass is 10.1. The summed E-state index contributed by atoms with van der Waals surface area (Å²) in [6.45, 7) is 0.505. The Morgan fingerprint density at radius 1 is 1.25 bits per heavy atom. The molecule has 0 aliphatic rings. The maximum absolute atomic E-state index is 10.8. The fourth-order valence-electron chi connectivity index (χ4n) is 2.29. The van der Waals surface area contributed by atoms with Crippen LogP contribution in [-0.2, 0) is 6.54 Å². The second-order valence-corrected chi connectivity index (χ2v) is 5.09. The van der Waals surface area contributed by atoms with Gasteiger partial charge >= 0.3 is 0 Å². The average Bonchev–Trinajstić information content (AvgIpc) is 3.14.